The molecule has 0 spiro atoms. The van der Waals surface area contributed by atoms with Crippen LogP contribution in [0.2, 0.25) is 0 Å². The lowest BCUT2D eigenvalue weighted by Gasteiger charge is -2.12. The van der Waals surface area contributed by atoms with Crippen LogP contribution in [0.1, 0.15) is 12.7 Å². The van der Waals surface area contributed by atoms with Crippen molar-refractivity contribution in [2.45, 2.75) is 24.1 Å². The van der Waals surface area contributed by atoms with Gasteiger partial charge in [0.15, 0.2) is 0 Å². The minimum atomic E-state index is -0.517. The average Bonchev–Trinajstić information content (AvgIpc) is 2.46. The fourth-order valence-corrected chi connectivity index (χ4v) is 2.73. The highest BCUT2D eigenvalue weighted by molar-refractivity contribution is 8.00. The van der Waals surface area contributed by atoms with Crippen molar-refractivity contribution in [2.24, 2.45) is 0 Å². The number of carbonyl (C=O) groups excluding carboxylic acids is 2. The molecule has 0 aliphatic heterocycles. The number of thioether (sulfide) groups is 1. The highest BCUT2D eigenvalue weighted by atomic mass is 32.2. The molecule has 0 bridgehead atoms. The van der Waals surface area contributed by atoms with Gasteiger partial charge in [0.1, 0.15) is 10.9 Å². The molecule has 0 saturated carbocycles. The lowest BCUT2D eigenvalue weighted by atomic mass is 10.2. The van der Waals surface area contributed by atoms with Gasteiger partial charge in [-0.15, -0.1) is 0 Å². The second kappa shape index (κ2) is 6.53. The van der Waals surface area contributed by atoms with Gasteiger partial charge in [0.2, 0.25) is 5.91 Å². The molecule has 2 N–H and O–H groups in total. The highest BCUT2D eigenvalue weighted by Gasteiger charge is 2.18. The maximum absolute atomic E-state index is 11.9. The first-order valence-corrected chi connectivity index (χ1v) is 7.32. The van der Waals surface area contributed by atoms with Gasteiger partial charge in [0.05, 0.1) is 10.8 Å². The Balaban J connectivity index is 2.23. The number of fused-ring (bicyclic) bond motifs is 1. The summed E-state index contributed by atoms with van der Waals surface area (Å²) in [5.41, 5.74) is 0.839. The van der Waals surface area contributed by atoms with Crippen molar-refractivity contribution in [1.82, 2.24) is 20.6 Å². The van der Waals surface area contributed by atoms with E-state index in [4.69, 9.17) is 0 Å². The summed E-state index contributed by atoms with van der Waals surface area (Å²) in [7, 11) is 1.46. The van der Waals surface area contributed by atoms with Gasteiger partial charge in [-0.05, 0) is 19.9 Å². The Morgan fingerprint density at radius 2 is 1.95 bits per heavy atom. The lowest BCUT2D eigenvalue weighted by Crippen LogP contribution is -2.41. The molecule has 0 saturated heterocycles. The van der Waals surface area contributed by atoms with Crippen LogP contribution < -0.4 is 10.6 Å². The van der Waals surface area contributed by atoms with Crippen molar-refractivity contribution in [1.29, 1.82) is 0 Å². The molecular formula is C14H16N4O2S. The number of rotatable bonds is 3. The van der Waals surface area contributed by atoms with E-state index in [-0.39, 0.29) is 5.91 Å². The third-order valence-corrected chi connectivity index (χ3v) is 3.90. The van der Waals surface area contributed by atoms with Crippen LogP contribution in [0.15, 0.2) is 29.3 Å². The van der Waals surface area contributed by atoms with Crippen molar-refractivity contribution in [3.05, 3.63) is 30.1 Å². The van der Waals surface area contributed by atoms with Crippen molar-refractivity contribution >= 4 is 34.6 Å². The molecule has 0 aliphatic rings. The monoisotopic (exact) mass is 304 g/mol. The molecule has 1 aromatic heterocycles. The number of amides is 3. The lowest BCUT2D eigenvalue weighted by molar-refractivity contribution is -0.119. The third-order valence-electron chi connectivity index (χ3n) is 2.80. The van der Waals surface area contributed by atoms with Crippen molar-refractivity contribution < 1.29 is 9.59 Å². The molecule has 2 rings (SSSR count). The van der Waals surface area contributed by atoms with Crippen molar-refractivity contribution in [3.63, 3.8) is 0 Å². The molecule has 7 heteroatoms. The summed E-state index contributed by atoms with van der Waals surface area (Å²) < 4.78 is 0. The molecule has 6 nitrogen and oxygen atoms in total. The van der Waals surface area contributed by atoms with E-state index >= 15 is 0 Å². The fraction of sp³-hybridized carbons (Fsp3) is 0.286. The molecule has 2 aromatic rings. The van der Waals surface area contributed by atoms with E-state index in [0.29, 0.717) is 5.82 Å². The second-order valence-corrected chi connectivity index (χ2v) is 5.75. The van der Waals surface area contributed by atoms with E-state index in [1.807, 2.05) is 31.2 Å². The number of nitrogens with one attached hydrogen (secondary N) is 2. The Morgan fingerprint density at radius 1 is 1.24 bits per heavy atom. The predicted octanol–water partition coefficient (Wildman–Crippen LogP) is 1.87. The van der Waals surface area contributed by atoms with Crippen molar-refractivity contribution in [2.75, 3.05) is 7.05 Å². The zero-order chi connectivity index (χ0) is 15.4. The van der Waals surface area contributed by atoms with Crippen LogP contribution in [0.3, 0.4) is 0 Å². The number of hydrogen-bond donors (Lipinski definition) is 2. The number of benzene rings is 1. The molecule has 1 aromatic carbocycles. The topological polar surface area (TPSA) is 84.0 Å². The molecule has 1 atom stereocenters. The quantitative estimate of drug-likeness (QED) is 0.668. The smallest absolute Gasteiger partial charge is 0.321 e. The first-order valence-electron chi connectivity index (χ1n) is 6.44. The number of urea groups is 1. The van der Waals surface area contributed by atoms with Crippen LogP contribution in [0.25, 0.3) is 10.9 Å². The van der Waals surface area contributed by atoms with Gasteiger partial charge < -0.3 is 5.32 Å². The molecular weight excluding hydrogens is 288 g/mol. The fourth-order valence-electron chi connectivity index (χ4n) is 1.75. The largest absolute Gasteiger partial charge is 0.341 e. The summed E-state index contributed by atoms with van der Waals surface area (Å²) in [6.07, 6.45) is 0. The highest BCUT2D eigenvalue weighted by Crippen LogP contribution is 2.28. The first kappa shape index (κ1) is 15.2. The molecule has 1 heterocycles. The maximum atomic E-state index is 11.9. The van der Waals surface area contributed by atoms with Crippen LogP contribution >= 0.6 is 11.8 Å². The van der Waals surface area contributed by atoms with E-state index in [2.05, 4.69) is 20.6 Å². The molecule has 0 radical (unpaired) electrons. The Bertz CT molecular complexity index is 690. The van der Waals surface area contributed by atoms with Gasteiger partial charge in [-0.3, -0.25) is 10.1 Å². The van der Waals surface area contributed by atoms with E-state index in [1.165, 1.54) is 18.8 Å². The van der Waals surface area contributed by atoms with E-state index in [1.54, 1.807) is 6.92 Å². The van der Waals surface area contributed by atoms with Crippen LogP contribution in [-0.4, -0.2) is 34.2 Å². The minimum Gasteiger partial charge on any atom is -0.341 e. The SMILES string of the molecule is CNC(=O)NC(=O)[C@H](C)Sc1nc(C)nc2ccccc12. The van der Waals surface area contributed by atoms with Gasteiger partial charge >= 0.3 is 6.03 Å². The van der Waals surface area contributed by atoms with Crippen LogP contribution in [0, 0.1) is 6.92 Å². The summed E-state index contributed by atoms with van der Waals surface area (Å²) in [5, 5.41) is 5.79. The molecule has 21 heavy (non-hydrogen) atoms. The number of aryl methyl sites for hydroxylation is 1. The summed E-state index contributed by atoms with van der Waals surface area (Å²) in [6.45, 7) is 3.54. The normalized spacial score (nSPS) is 12.0. The Morgan fingerprint density at radius 3 is 2.67 bits per heavy atom. The number of nitrogens with zero attached hydrogens (tertiary/aromatic N) is 2. The molecule has 110 valence electrons. The minimum absolute atomic E-state index is 0.361. The van der Waals surface area contributed by atoms with Gasteiger partial charge in [-0.2, -0.15) is 0 Å². The maximum Gasteiger partial charge on any atom is 0.321 e. The summed E-state index contributed by atoms with van der Waals surface area (Å²) in [5.74, 6) is 0.287. The van der Waals surface area contributed by atoms with Crippen LogP contribution in [0.4, 0.5) is 4.79 Å². The summed E-state index contributed by atoms with van der Waals surface area (Å²) in [4.78, 5) is 31.8. The average molecular weight is 304 g/mol. The number of imide groups is 1. The number of hydrogen-bond acceptors (Lipinski definition) is 5. The number of para-hydroxylation sites is 1. The van der Waals surface area contributed by atoms with Gasteiger partial charge in [-0.1, -0.05) is 30.0 Å². The second-order valence-electron chi connectivity index (χ2n) is 4.42. The van der Waals surface area contributed by atoms with E-state index in [0.717, 1.165) is 15.9 Å². The van der Waals surface area contributed by atoms with Crippen LogP contribution in [0.5, 0.6) is 0 Å². The van der Waals surface area contributed by atoms with Crippen LogP contribution in [-0.2, 0) is 4.79 Å². The third kappa shape index (κ3) is 3.69. The molecule has 3 amide bonds. The predicted molar refractivity (Wildman–Crippen MR) is 82.2 cm³/mol. The molecule has 0 unspecified atom stereocenters. The Kier molecular flexibility index (Phi) is 4.74. The Hall–Kier alpha value is -2.15. The number of aromatic nitrogens is 2. The number of carbonyl (C=O) groups is 2. The summed E-state index contributed by atoms with van der Waals surface area (Å²) in [6, 6.07) is 7.12. The van der Waals surface area contributed by atoms with Gasteiger partial charge in [0.25, 0.3) is 0 Å². The van der Waals surface area contributed by atoms with Gasteiger partial charge in [-0.25, -0.2) is 14.8 Å². The zero-order valence-electron chi connectivity index (χ0n) is 12.0. The zero-order valence-corrected chi connectivity index (χ0v) is 12.8. The summed E-state index contributed by atoms with van der Waals surface area (Å²) >= 11 is 1.30. The molecule has 0 aliphatic carbocycles. The first-order chi connectivity index (χ1) is 10.0. The van der Waals surface area contributed by atoms with Crippen molar-refractivity contribution in [3.8, 4) is 0 Å². The van der Waals surface area contributed by atoms with Gasteiger partial charge in [0, 0.05) is 12.4 Å². The van der Waals surface area contributed by atoms with E-state index in [9.17, 15) is 9.59 Å². The standard InChI is InChI=1S/C14H16N4O2S/c1-8(12(19)18-14(20)15-3)21-13-10-6-4-5-7-11(10)16-9(2)17-13/h4-8H,1-3H3,(H2,15,18,19,20)/t8-/m0/s1. The molecule has 0 fully saturated rings. The van der Waals surface area contributed by atoms with E-state index < -0.39 is 11.3 Å². The Labute approximate surface area is 126 Å².